The van der Waals surface area contributed by atoms with Crippen molar-refractivity contribution in [2.45, 2.75) is 58.2 Å². The van der Waals surface area contributed by atoms with Crippen LogP contribution in [0.2, 0.25) is 0 Å². The topological polar surface area (TPSA) is 30.5 Å². The first-order valence-corrected chi connectivity index (χ1v) is 9.57. The second kappa shape index (κ2) is 6.33. The fourth-order valence-corrected chi connectivity index (χ4v) is 4.03. The number of allylic oxidation sites excluding steroid dienone is 1. The van der Waals surface area contributed by atoms with Gasteiger partial charge in [0, 0.05) is 6.54 Å². The summed E-state index contributed by atoms with van der Waals surface area (Å²) in [4.78, 5) is 0. The van der Waals surface area contributed by atoms with Crippen LogP contribution in [0.25, 0.3) is 11.1 Å². The number of hydrogen-bond donors (Lipinski definition) is 1. The van der Waals surface area contributed by atoms with Crippen LogP contribution >= 0.6 is 0 Å². The smallest absolute Gasteiger partial charge is 0.398 e. The Morgan fingerprint density at radius 1 is 1.04 bits per heavy atom. The van der Waals surface area contributed by atoms with Crippen molar-refractivity contribution in [3.8, 4) is 0 Å². The highest BCUT2D eigenvalue weighted by molar-refractivity contribution is 6.55. The highest BCUT2D eigenvalue weighted by Gasteiger charge is 2.53. The number of rotatable bonds is 2. The van der Waals surface area contributed by atoms with Gasteiger partial charge in [-0.05, 0) is 81.3 Å². The van der Waals surface area contributed by atoms with Crippen LogP contribution in [0.15, 0.2) is 30.0 Å². The van der Waals surface area contributed by atoms with E-state index in [9.17, 15) is 0 Å². The van der Waals surface area contributed by atoms with Crippen molar-refractivity contribution in [2.24, 2.45) is 0 Å². The first-order valence-electron chi connectivity index (χ1n) is 9.57. The van der Waals surface area contributed by atoms with Gasteiger partial charge in [0.1, 0.15) is 5.73 Å². The standard InChI is InChI=1S/C21H27BFNO2/c1-20(2)21(3,4)26-22(25-20)19(23)18-9-8-17-15(6-5-7-16(17)18)14-10-12-24-13-11-14/h5-7,10,24H,8-9,11-13H2,1-4H3. The first kappa shape index (κ1) is 18.0. The molecule has 26 heavy (non-hydrogen) atoms. The lowest BCUT2D eigenvalue weighted by atomic mass is 9.83. The Labute approximate surface area is 155 Å². The first-order chi connectivity index (χ1) is 12.3. The minimum absolute atomic E-state index is 0.265. The molecular formula is C21H27BFNO2. The molecule has 0 atom stereocenters. The van der Waals surface area contributed by atoms with E-state index in [2.05, 4.69) is 17.5 Å². The molecule has 3 aliphatic rings. The molecule has 0 amide bonds. The molecule has 0 bridgehead atoms. The molecule has 0 radical (unpaired) electrons. The largest absolute Gasteiger partial charge is 0.525 e. The van der Waals surface area contributed by atoms with Crippen LogP contribution in [0.5, 0.6) is 0 Å². The Morgan fingerprint density at radius 3 is 2.38 bits per heavy atom. The summed E-state index contributed by atoms with van der Waals surface area (Å²) >= 11 is 0. The lowest BCUT2D eigenvalue weighted by molar-refractivity contribution is 0.00578. The van der Waals surface area contributed by atoms with Crippen molar-refractivity contribution < 1.29 is 13.7 Å². The molecule has 2 aliphatic heterocycles. The van der Waals surface area contributed by atoms with Gasteiger partial charge < -0.3 is 14.6 Å². The summed E-state index contributed by atoms with van der Waals surface area (Å²) in [7, 11) is -0.914. The molecule has 138 valence electrons. The van der Waals surface area contributed by atoms with Crippen molar-refractivity contribution in [1.29, 1.82) is 0 Å². The average molecular weight is 355 g/mol. The maximum absolute atomic E-state index is 15.4. The Kier molecular flexibility index (Phi) is 4.37. The Balaban J connectivity index is 1.70. The molecule has 0 saturated carbocycles. The van der Waals surface area contributed by atoms with E-state index in [1.165, 1.54) is 16.7 Å². The molecule has 1 aromatic carbocycles. The molecule has 0 unspecified atom stereocenters. The van der Waals surface area contributed by atoms with Crippen molar-refractivity contribution >= 4 is 18.3 Å². The van der Waals surface area contributed by atoms with Gasteiger partial charge in [-0.2, -0.15) is 0 Å². The predicted octanol–water partition coefficient (Wildman–Crippen LogP) is 4.32. The van der Waals surface area contributed by atoms with Gasteiger partial charge in [0.15, 0.2) is 0 Å². The minimum atomic E-state index is -0.914. The number of halogens is 1. The number of fused-ring (bicyclic) bond motifs is 1. The van der Waals surface area contributed by atoms with Gasteiger partial charge in [-0.15, -0.1) is 0 Å². The van der Waals surface area contributed by atoms with Gasteiger partial charge in [0.25, 0.3) is 0 Å². The quantitative estimate of drug-likeness (QED) is 0.802. The van der Waals surface area contributed by atoms with E-state index in [4.69, 9.17) is 9.31 Å². The van der Waals surface area contributed by atoms with Crippen molar-refractivity contribution in [1.82, 2.24) is 5.32 Å². The van der Waals surface area contributed by atoms with Gasteiger partial charge in [-0.3, -0.25) is 0 Å². The van der Waals surface area contributed by atoms with Crippen LogP contribution < -0.4 is 5.32 Å². The van der Waals surface area contributed by atoms with Crippen LogP contribution in [0, 0.1) is 0 Å². The second-order valence-corrected chi connectivity index (χ2v) is 8.43. The fourth-order valence-electron chi connectivity index (χ4n) is 4.03. The molecule has 1 aromatic rings. The molecule has 1 saturated heterocycles. The molecule has 1 N–H and O–H groups in total. The van der Waals surface area contributed by atoms with Crippen LogP contribution in [0.3, 0.4) is 0 Å². The normalized spacial score (nSPS) is 25.9. The summed E-state index contributed by atoms with van der Waals surface area (Å²) in [5.74, 6) is 0. The zero-order valence-corrected chi connectivity index (χ0v) is 16.1. The SMILES string of the molecule is CC1(C)OB(C(F)=C2CCc3c(C4=CCNCC4)cccc32)OC1(C)C. The van der Waals surface area contributed by atoms with Crippen molar-refractivity contribution in [2.75, 3.05) is 13.1 Å². The van der Waals surface area contributed by atoms with E-state index in [0.717, 1.165) is 37.1 Å². The van der Waals surface area contributed by atoms with E-state index in [1.807, 2.05) is 39.8 Å². The summed E-state index contributed by atoms with van der Waals surface area (Å²) in [6, 6.07) is 6.25. The monoisotopic (exact) mass is 355 g/mol. The average Bonchev–Trinajstić information content (AvgIpc) is 3.13. The van der Waals surface area contributed by atoms with Gasteiger partial charge >= 0.3 is 7.12 Å². The highest BCUT2D eigenvalue weighted by atomic mass is 19.1. The van der Waals surface area contributed by atoms with Gasteiger partial charge in [0.2, 0.25) is 0 Å². The number of nitrogens with one attached hydrogen (secondary N) is 1. The molecule has 1 aliphatic carbocycles. The van der Waals surface area contributed by atoms with Crippen LogP contribution in [0.1, 0.15) is 57.2 Å². The molecule has 3 nitrogen and oxygen atoms in total. The summed E-state index contributed by atoms with van der Waals surface area (Å²) in [6.07, 6.45) is 4.85. The minimum Gasteiger partial charge on any atom is -0.398 e. The fraction of sp³-hybridized carbons (Fsp3) is 0.524. The van der Waals surface area contributed by atoms with Crippen LogP contribution in [-0.2, 0) is 15.7 Å². The Morgan fingerprint density at radius 2 is 1.73 bits per heavy atom. The zero-order chi connectivity index (χ0) is 18.5. The van der Waals surface area contributed by atoms with E-state index in [0.29, 0.717) is 6.42 Å². The van der Waals surface area contributed by atoms with Crippen LogP contribution in [0.4, 0.5) is 4.39 Å². The second-order valence-electron chi connectivity index (χ2n) is 8.43. The van der Waals surface area contributed by atoms with Gasteiger partial charge in [-0.1, -0.05) is 24.3 Å². The van der Waals surface area contributed by atoms with Gasteiger partial charge in [-0.25, -0.2) is 4.39 Å². The summed E-state index contributed by atoms with van der Waals surface area (Å²) in [6.45, 7) is 9.72. The third kappa shape index (κ3) is 2.86. The third-order valence-electron chi connectivity index (χ3n) is 6.28. The number of benzene rings is 1. The van der Waals surface area contributed by atoms with E-state index in [-0.39, 0.29) is 5.73 Å². The maximum atomic E-state index is 15.4. The molecule has 5 heteroatoms. The molecule has 1 fully saturated rings. The van der Waals surface area contributed by atoms with E-state index >= 15 is 4.39 Å². The zero-order valence-electron chi connectivity index (χ0n) is 16.1. The Bertz CT molecular complexity index is 781. The van der Waals surface area contributed by atoms with Crippen molar-refractivity contribution in [3.05, 3.63) is 46.7 Å². The van der Waals surface area contributed by atoms with E-state index in [1.54, 1.807) is 0 Å². The molecule has 2 heterocycles. The maximum Gasteiger partial charge on any atom is 0.525 e. The molecule has 4 rings (SSSR count). The summed E-state index contributed by atoms with van der Waals surface area (Å²) < 4.78 is 27.2. The number of hydrogen-bond acceptors (Lipinski definition) is 3. The Hall–Kier alpha value is -1.43. The highest BCUT2D eigenvalue weighted by Crippen LogP contribution is 2.44. The molecular weight excluding hydrogens is 328 g/mol. The lowest BCUT2D eigenvalue weighted by Crippen LogP contribution is -2.41. The van der Waals surface area contributed by atoms with Crippen molar-refractivity contribution in [3.63, 3.8) is 0 Å². The van der Waals surface area contributed by atoms with Gasteiger partial charge in [0.05, 0.1) is 11.2 Å². The predicted molar refractivity (Wildman–Crippen MR) is 104 cm³/mol. The molecule has 0 aromatic heterocycles. The summed E-state index contributed by atoms with van der Waals surface area (Å²) in [5, 5.41) is 3.35. The third-order valence-corrected chi connectivity index (χ3v) is 6.28. The van der Waals surface area contributed by atoms with Crippen LogP contribution in [-0.4, -0.2) is 31.4 Å². The summed E-state index contributed by atoms with van der Waals surface area (Å²) in [5.41, 5.74) is 4.36. The lowest BCUT2D eigenvalue weighted by Gasteiger charge is -2.32. The van der Waals surface area contributed by atoms with E-state index < -0.39 is 18.3 Å². The molecule has 0 spiro atoms.